The van der Waals surface area contributed by atoms with Crippen molar-refractivity contribution in [3.8, 4) is 0 Å². The number of halogens is 2. The normalized spacial score (nSPS) is 13.4. The smallest absolute Gasteiger partial charge is 0.309 e. The van der Waals surface area contributed by atoms with E-state index in [1.54, 1.807) is 12.1 Å². The molecule has 0 aliphatic rings. The molecule has 0 aromatic carbocycles. The molecule has 0 aliphatic carbocycles. The van der Waals surface area contributed by atoms with E-state index in [0.717, 1.165) is 0 Å². The van der Waals surface area contributed by atoms with Gasteiger partial charge in [-0.25, -0.2) is 0 Å². The van der Waals surface area contributed by atoms with Crippen LogP contribution in [0.5, 0.6) is 0 Å². The molecule has 0 bridgehead atoms. The van der Waals surface area contributed by atoms with Gasteiger partial charge in [0, 0.05) is 0 Å². The van der Waals surface area contributed by atoms with E-state index in [1.165, 1.54) is 26.2 Å². The van der Waals surface area contributed by atoms with Gasteiger partial charge in [0.1, 0.15) is 10.8 Å². The minimum atomic E-state index is -2.90. The fraction of sp³-hybridized carbons (Fsp3) is 0.500. The molecule has 5 heteroatoms. The van der Waals surface area contributed by atoms with E-state index in [4.69, 9.17) is 4.42 Å². The topological polar surface area (TPSA) is 13.1 Å². The van der Waals surface area contributed by atoms with Crippen LogP contribution in [0.25, 0.3) is 0 Å². The molecule has 13 heavy (non-hydrogen) atoms. The van der Waals surface area contributed by atoms with E-state index in [2.05, 4.69) is 0 Å². The molecule has 0 unspecified atom stereocenters. The van der Waals surface area contributed by atoms with Gasteiger partial charge in [0.2, 0.25) is 0 Å². The summed E-state index contributed by atoms with van der Waals surface area (Å²) in [4.78, 5) is 0. The maximum atomic E-state index is 13.5. The number of hydrogen-bond donors (Lipinski definition) is 0. The second-order valence-corrected chi connectivity index (χ2v) is 11.0. The van der Waals surface area contributed by atoms with Gasteiger partial charge in [-0.2, -0.15) is 0 Å². The predicted molar refractivity (Wildman–Crippen MR) is 55.2 cm³/mol. The van der Waals surface area contributed by atoms with Crippen LogP contribution < -0.4 is 10.8 Å². The predicted octanol–water partition coefficient (Wildman–Crippen LogP) is 2.04. The standard InChI is InChI=1S/C8H14F2OSi2/c1-12(2,9)7-5-6-8(11-7)13(3,4)10/h5-6H,1-4H3. The third-order valence-corrected chi connectivity index (χ3v) is 4.66. The Morgan fingerprint density at radius 1 is 0.923 bits per heavy atom. The lowest BCUT2D eigenvalue weighted by atomic mass is 10.7. The van der Waals surface area contributed by atoms with Gasteiger partial charge in [0.15, 0.2) is 0 Å². The van der Waals surface area contributed by atoms with Gasteiger partial charge in [-0.3, -0.25) is 0 Å². The van der Waals surface area contributed by atoms with Crippen molar-refractivity contribution in [3.63, 3.8) is 0 Å². The molecule has 1 aromatic rings. The first-order chi connectivity index (χ1) is 5.71. The Hall–Kier alpha value is -0.426. The van der Waals surface area contributed by atoms with E-state index < -0.39 is 16.8 Å². The molecule has 0 radical (unpaired) electrons. The van der Waals surface area contributed by atoms with E-state index >= 15 is 0 Å². The first-order valence-electron chi connectivity index (χ1n) is 4.20. The van der Waals surface area contributed by atoms with Gasteiger partial charge in [0.05, 0.1) is 0 Å². The average Bonchev–Trinajstić information content (AvgIpc) is 2.28. The molecule has 0 aliphatic heterocycles. The quantitative estimate of drug-likeness (QED) is 0.549. The molecule has 0 spiro atoms. The zero-order valence-electron chi connectivity index (χ0n) is 8.32. The molecule has 1 aromatic heterocycles. The third kappa shape index (κ3) is 2.51. The lowest BCUT2D eigenvalue weighted by molar-refractivity contribution is 0.604. The lowest BCUT2D eigenvalue weighted by Gasteiger charge is -2.09. The molecular weight excluding hydrogens is 206 g/mol. The van der Waals surface area contributed by atoms with Crippen LogP contribution in [-0.4, -0.2) is 16.8 Å². The molecular formula is C8H14F2OSi2. The molecule has 0 fully saturated rings. The summed E-state index contributed by atoms with van der Waals surface area (Å²) < 4.78 is 32.1. The van der Waals surface area contributed by atoms with Gasteiger partial charge in [0.25, 0.3) is 0 Å². The summed E-state index contributed by atoms with van der Waals surface area (Å²) in [6.07, 6.45) is 0. The molecule has 0 N–H and O–H groups in total. The van der Waals surface area contributed by atoms with Crippen molar-refractivity contribution in [1.82, 2.24) is 0 Å². The fourth-order valence-electron chi connectivity index (χ4n) is 0.977. The molecule has 1 rings (SSSR count). The largest absolute Gasteiger partial charge is 0.470 e. The molecule has 0 saturated carbocycles. The second kappa shape index (κ2) is 3.06. The van der Waals surface area contributed by atoms with Gasteiger partial charge < -0.3 is 12.6 Å². The number of hydrogen-bond acceptors (Lipinski definition) is 1. The summed E-state index contributed by atoms with van der Waals surface area (Å²) in [6, 6.07) is 3.13. The Morgan fingerprint density at radius 2 is 1.23 bits per heavy atom. The summed E-state index contributed by atoms with van der Waals surface area (Å²) in [6.45, 7) is 6.12. The Morgan fingerprint density at radius 3 is 1.38 bits per heavy atom. The van der Waals surface area contributed by atoms with Gasteiger partial charge in [-0.05, 0) is 38.3 Å². The highest BCUT2D eigenvalue weighted by atomic mass is 28.4. The summed E-state index contributed by atoms with van der Waals surface area (Å²) in [5, 5.41) is 0.668. The van der Waals surface area contributed by atoms with Crippen LogP contribution in [0.4, 0.5) is 8.22 Å². The zero-order valence-corrected chi connectivity index (χ0v) is 10.3. The van der Waals surface area contributed by atoms with Crippen LogP contribution in [-0.2, 0) is 0 Å². The van der Waals surface area contributed by atoms with Crippen molar-refractivity contribution >= 4 is 27.6 Å². The molecule has 0 amide bonds. The maximum absolute atomic E-state index is 13.5. The SMILES string of the molecule is C[Si](C)(F)c1ccc([Si](C)(C)F)o1. The highest BCUT2D eigenvalue weighted by Crippen LogP contribution is 2.08. The van der Waals surface area contributed by atoms with Gasteiger partial charge in [-0.1, -0.05) is 0 Å². The van der Waals surface area contributed by atoms with Crippen LogP contribution in [0.1, 0.15) is 0 Å². The Kier molecular flexibility index (Phi) is 2.51. The average molecular weight is 220 g/mol. The highest BCUT2D eigenvalue weighted by molar-refractivity contribution is 6.85. The van der Waals surface area contributed by atoms with Crippen molar-refractivity contribution in [2.24, 2.45) is 0 Å². The van der Waals surface area contributed by atoms with E-state index in [0.29, 0.717) is 10.8 Å². The van der Waals surface area contributed by atoms with E-state index in [-0.39, 0.29) is 0 Å². The summed E-state index contributed by atoms with van der Waals surface area (Å²) >= 11 is 0. The molecule has 0 saturated heterocycles. The van der Waals surface area contributed by atoms with Crippen molar-refractivity contribution in [1.29, 1.82) is 0 Å². The van der Waals surface area contributed by atoms with E-state index in [9.17, 15) is 8.22 Å². The fourth-order valence-corrected chi connectivity index (χ4v) is 2.74. The number of rotatable bonds is 2. The van der Waals surface area contributed by atoms with Crippen molar-refractivity contribution in [2.45, 2.75) is 26.2 Å². The first kappa shape index (κ1) is 10.7. The summed E-state index contributed by atoms with van der Waals surface area (Å²) in [5.74, 6) is 0. The van der Waals surface area contributed by atoms with Crippen LogP contribution in [0.2, 0.25) is 26.2 Å². The molecule has 1 nitrogen and oxygen atoms in total. The minimum Gasteiger partial charge on any atom is -0.470 e. The summed E-state index contributed by atoms with van der Waals surface area (Å²) in [7, 11) is -5.80. The van der Waals surface area contributed by atoms with Gasteiger partial charge in [-0.15, -0.1) is 0 Å². The van der Waals surface area contributed by atoms with Crippen LogP contribution in [0.3, 0.4) is 0 Å². The monoisotopic (exact) mass is 220 g/mol. The van der Waals surface area contributed by atoms with Gasteiger partial charge >= 0.3 is 16.8 Å². The van der Waals surface area contributed by atoms with Crippen LogP contribution >= 0.6 is 0 Å². The third-order valence-electron chi connectivity index (χ3n) is 1.78. The molecule has 0 atom stereocenters. The van der Waals surface area contributed by atoms with Crippen LogP contribution in [0, 0.1) is 0 Å². The Bertz CT molecular complexity index is 267. The zero-order chi connectivity index (χ0) is 10.3. The van der Waals surface area contributed by atoms with Crippen molar-refractivity contribution in [2.75, 3.05) is 0 Å². The van der Waals surface area contributed by atoms with Crippen LogP contribution in [0.15, 0.2) is 16.5 Å². The maximum Gasteiger partial charge on any atom is 0.309 e. The van der Waals surface area contributed by atoms with Crippen molar-refractivity contribution < 1.29 is 12.6 Å². The van der Waals surface area contributed by atoms with E-state index in [1.807, 2.05) is 0 Å². The lowest BCUT2D eigenvalue weighted by Crippen LogP contribution is -2.39. The Labute approximate surface area is 79.1 Å². The highest BCUT2D eigenvalue weighted by Gasteiger charge is 2.33. The second-order valence-electron chi connectivity index (χ2n) is 4.11. The Balaban J connectivity index is 3.01. The first-order valence-corrected chi connectivity index (χ1v) is 9.95. The van der Waals surface area contributed by atoms with Crippen molar-refractivity contribution in [3.05, 3.63) is 12.1 Å². The molecule has 74 valence electrons. The molecule has 1 heterocycles. The summed E-state index contributed by atoms with van der Waals surface area (Å²) in [5.41, 5.74) is 0. The minimum absolute atomic E-state index is 0.334. The number of furan rings is 1.